The predicted molar refractivity (Wildman–Crippen MR) is 67.8 cm³/mol. The molecule has 4 N–H and O–H groups in total. The van der Waals surface area contributed by atoms with Crippen LogP contribution in [0.15, 0.2) is 18.2 Å². The molecule has 1 rings (SSSR count). The van der Waals surface area contributed by atoms with E-state index in [1.54, 1.807) is 6.07 Å². The van der Waals surface area contributed by atoms with Crippen molar-refractivity contribution in [2.75, 3.05) is 17.6 Å². The van der Waals surface area contributed by atoms with Gasteiger partial charge >= 0.3 is 0 Å². The first-order valence-electron chi connectivity index (χ1n) is 4.99. The van der Waals surface area contributed by atoms with Gasteiger partial charge in [-0.25, -0.2) is 4.98 Å². The van der Waals surface area contributed by atoms with Crippen molar-refractivity contribution in [1.82, 2.24) is 10.3 Å². The van der Waals surface area contributed by atoms with E-state index in [2.05, 4.69) is 22.5 Å². The normalized spacial score (nSPS) is 9.67. The Hall–Kier alpha value is -1.36. The maximum absolute atomic E-state index is 5.54. The summed E-state index contributed by atoms with van der Waals surface area (Å²) in [5.74, 6) is 1.15. The number of thiocarbonyl (C=S) groups is 1. The summed E-state index contributed by atoms with van der Waals surface area (Å²) < 4.78 is 0. The summed E-state index contributed by atoms with van der Waals surface area (Å²) >= 11 is 5.09. The van der Waals surface area contributed by atoms with Crippen molar-refractivity contribution in [1.29, 1.82) is 0 Å². The lowest BCUT2D eigenvalue weighted by molar-refractivity contribution is 0.758. The van der Waals surface area contributed by atoms with Crippen LogP contribution in [0.3, 0.4) is 0 Å². The minimum atomic E-state index is 0.483. The number of unbranched alkanes of at least 4 members (excludes halogenated alkanes) is 1. The maximum atomic E-state index is 5.54. The van der Waals surface area contributed by atoms with Crippen molar-refractivity contribution >= 4 is 29.0 Å². The van der Waals surface area contributed by atoms with E-state index in [0.29, 0.717) is 16.7 Å². The molecule has 0 saturated carbocycles. The zero-order valence-electron chi connectivity index (χ0n) is 8.79. The van der Waals surface area contributed by atoms with Gasteiger partial charge in [-0.2, -0.15) is 0 Å². The number of pyridine rings is 1. The SMILES string of the molecule is CCCCNC(=S)Nc1cccc(N)n1. The Balaban J connectivity index is 2.37. The molecular formula is C10H16N4S. The molecule has 0 radical (unpaired) electrons. The highest BCUT2D eigenvalue weighted by Crippen LogP contribution is 2.05. The van der Waals surface area contributed by atoms with Crippen molar-refractivity contribution in [2.45, 2.75) is 19.8 Å². The van der Waals surface area contributed by atoms with Crippen molar-refractivity contribution in [3.63, 3.8) is 0 Å². The van der Waals surface area contributed by atoms with Crippen LogP contribution in [0.1, 0.15) is 19.8 Å². The Morgan fingerprint density at radius 2 is 2.33 bits per heavy atom. The molecule has 0 aromatic carbocycles. The van der Waals surface area contributed by atoms with Gasteiger partial charge in [0.05, 0.1) is 0 Å². The topological polar surface area (TPSA) is 63.0 Å². The third kappa shape index (κ3) is 4.60. The van der Waals surface area contributed by atoms with E-state index in [0.717, 1.165) is 19.4 Å². The molecule has 0 atom stereocenters. The zero-order valence-corrected chi connectivity index (χ0v) is 9.60. The van der Waals surface area contributed by atoms with E-state index in [1.165, 1.54) is 0 Å². The predicted octanol–water partition coefficient (Wildman–Crippen LogP) is 1.75. The van der Waals surface area contributed by atoms with Crippen LogP contribution in [0.2, 0.25) is 0 Å². The van der Waals surface area contributed by atoms with Crippen LogP contribution in [0.4, 0.5) is 11.6 Å². The van der Waals surface area contributed by atoms with Gasteiger partial charge in [0.25, 0.3) is 0 Å². The first-order valence-corrected chi connectivity index (χ1v) is 5.40. The number of hydrogen-bond donors (Lipinski definition) is 3. The van der Waals surface area contributed by atoms with Crippen molar-refractivity contribution in [3.8, 4) is 0 Å². The second-order valence-corrected chi connectivity index (χ2v) is 3.59. The van der Waals surface area contributed by atoms with Gasteiger partial charge in [0.2, 0.25) is 0 Å². The Kier molecular flexibility index (Phi) is 4.83. The van der Waals surface area contributed by atoms with Gasteiger partial charge in [0.1, 0.15) is 11.6 Å². The summed E-state index contributed by atoms with van der Waals surface area (Å²) in [6.45, 7) is 3.02. The number of nitrogen functional groups attached to an aromatic ring is 1. The highest BCUT2D eigenvalue weighted by atomic mass is 32.1. The largest absolute Gasteiger partial charge is 0.384 e. The van der Waals surface area contributed by atoms with Crippen molar-refractivity contribution in [2.24, 2.45) is 0 Å². The summed E-state index contributed by atoms with van der Waals surface area (Å²) in [7, 11) is 0. The number of nitrogens with one attached hydrogen (secondary N) is 2. The molecule has 82 valence electrons. The number of nitrogens with two attached hydrogens (primary N) is 1. The Labute approximate surface area is 95.3 Å². The molecule has 0 amide bonds. The molecular weight excluding hydrogens is 208 g/mol. The number of rotatable bonds is 4. The van der Waals surface area contributed by atoms with Crippen LogP contribution >= 0.6 is 12.2 Å². The molecule has 0 aliphatic rings. The number of aromatic nitrogens is 1. The van der Waals surface area contributed by atoms with Gasteiger partial charge in [0.15, 0.2) is 5.11 Å². The Bertz CT molecular complexity index is 327. The Morgan fingerprint density at radius 1 is 1.53 bits per heavy atom. The summed E-state index contributed by atoms with van der Waals surface area (Å²) in [6, 6.07) is 5.39. The van der Waals surface area contributed by atoms with Crippen LogP contribution in [0.5, 0.6) is 0 Å². The fourth-order valence-electron chi connectivity index (χ4n) is 1.06. The highest BCUT2D eigenvalue weighted by molar-refractivity contribution is 7.80. The maximum Gasteiger partial charge on any atom is 0.171 e. The van der Waals surface area contributed by atoms with Crippen LogP contribution in [0.25, 0.3) is 0 Å². The smallest absolute Gasteiger partial charge is 0.171 e. The summed E-state index contributed by atoms with van der Waals surface area (Å²) in [4.78, 5) is 4.08. The molecule has 5 heteroatoms. The molecule has 4 nitrogen and oxygen atoms in total. The molecule has 1 heterocycles. The van der Waals surface area contributed by atoms with Crippen LogP contribution in [-0.2, 0) is 0 Å². The van der Waals surface area contributed by atoms with E-state index >= 15 is 0 Å². The van der Waals surface area contributed by atoms with Crippen LogP contribution in [0, 0.1) is 0 Å². The van der Waals surface area contributed by atoms with Crippen LogP contribution in [-0.4, -0.2) is 16.6 Å². The van der Waals surface area contributed by atoms with E-state index in [1.807, 2.05) is 12.1 Å². The first-order chi connectivity index (χ1) is 7.22. The third-order valence-electron chi connectivity index (χ3n) is 1.83. The van der Waals surface area contributed by atoms with E-state index in [-0.39, 0.29) is 0 Å². The summed E-state index contributed by atoms with van der Waals surface area (Å²) in [5, 5.41) is 6.65. The second-order valence-electron chi connectivity index (χ2n) is 3.18. The van der Waals surface area contributed by atoms with Crippen molar-refractivity contribution in [3.05, 3.63) is 18.2 Å². The monoisotopic (exact) mass is 224 g/mol. The number of anilines is 2. The molecule has 15 heavy (non-hydrogen) atoms. The Morgan fingerprint density at radius 3 is 3.00 bits per heavy atom. The average Bonchev–Trinajstić information content (AvgIpc) is 2.18. The second kappa shape index (κ2) is 6.19. The molecule has 0 unspecified atom stereocenters. The number of hydrogen-bond acceptors (Lipinski definition) is 3. The van der Waals surface area contributed by atoms with Crippen molar-refractivity contribution < 1.29 is 0 Å². The quantitative estimate of drug-likeness (QED) is 0.537. The molecule has 1 aromatic heterocycles. The number of nitrogens with zero attached hydrogens (tertiary/aromatic N) is 1. The third-order valence-corrected chi connectivity index (χ3v) is 2.07. The zero-order chi connectivity index (χ0) is 11.1. The summed E-state index contributed by atoms with van der Waals surface area (Å²) in [5.41, 5.74) is 5.54. The van der Waals surface area contributed by atoms with Crippen LogP contribution < -0.4 is 16.4 Å². The first kappa shape index (κ1) is 11.7. The highest BCUT2D eigenvalue weighted by Gasteiger charge is 1.97. The van der Waals surface area contributed by atoms with Gasteiger partial charge in [-0.1, -0.05) is 19.4 Å². The molecule has 0 aliphatic carbocycles. The molecule has 0 saturated heterocycles. The standard InChI is InChI=1S/C10H16N4S/c1-2-3-7-12-10(15)14-9-6-4-5-8(11)13-9/h4-6H,2-3,7H2,1H3,(H4,11,12,13,14,15). The fraction of sp³-hybridized carbons (Fsp3) is 0.400. The van der Waals surface area contributed by atoms with E-state index < -0.39 is 0 Å². The minimum Gasteiger partial charge on any atom is -0.384 e. The molecule has 0 aliphatic heterocycles. The minimum absolute atomic E-state index is 0.483. The van der Waals surface area contributed by atoms with Gasteiger partial charge in [0, 0.05) is 6.54 Å². The van der Waals surface area contributed by atoms with Gasteiger partial charge in [-0.05, 0) is 30.8 Å². The lowest BCUT2D eigenvalue weighted by Gasteiger charge is -2.09. The van der Waals surface area contributed by atoms with Gasteiger partial charge in [-0.15, -0.1) is 0 Å². The average molecular weight is 224 g/mol. The molecule has 0 fully saturated rings. The lowest BCUT2D eigenvalue weighted by atomic mass is 10.3. The lowest BCUT2D eigenvalue weighted by Crippen LogP contribution is -2.29. The van der Waals surface area contributed by atoms with Gasteiger partial charge in [-0.3, -0.25) is 0 Å². The van der Waals surface area contributed by atoms with E-state index in [4.69, 9.17) is 18.0 Å². The molecule has 0 bridgehead atoms. The fourth-order valence-corrected chi connectivity index (χ4v) is 1.27. The molecule has 0 spiro atoms. The molecule has 1 aromatic rings. The van der Waals surface area contributed by atoms with E-state index in [9.17, 15) is 0 Å². The summed E-state index contributed by atoms with van der Waals surface area (Å²) in [6.07, 6.45) is 2.25. The van der Waals surface area contributed by atoms with Gasteiger partial charge < -0.3 is 16.4 Å².